The number of hydrogen-bond donors (Lipinski definition) is 0. The minimum Gasteiger partial charge on any atom is -0.321 e. The van der Waals surface area contributed by atoms with Crippen molar-refractivity contribution in [1.29, 1.82) is 0 Å². The lowest BCUT2D eigenvalue weighted by Gasteiger charge is -2.36. The number of aryl methyl sites for hydroxylation is 5. The Morgan fingerprint density at radius 1 is 0.462 bits per heavy atom. The molecular formula is C38H44N+. The van der Waals surface area contributed by atoms with Crippen molar-refractivity contribution in [2.45, 2.75) is 61.9 Å². The van der Waals surface area contributed by atoms with Crippen molar-refractivity contribution in [3.63, 3.8) is 0 Å². The van der Waals surface area contributed by atoms with Crippen molar-refractivity contribution < 1.29 is 4.48 Å². The molecule has 0 radical (unpaired) electrons. The van der Waals surface area contributed by atoms with Crippen LogP contribution in [0.4, 0.5) is 0 Å². The zero-order chi connectivity index (χ0) is 27.9. The highest BCUT2D eigenvalue weighted by molar-refractivity contribution is 6.21. The Bertz CT molecular complexity index is 1680. The first kappa shape index (κ1) is 27.2. The SMILES string of the molecule is CC[N+](CC)(CC)Cc1cc(-c2c3ccc(C)cc3c(-c3ccc(C)c(C)c3)c3ccc(C)cc23)ccc1C. The first-order valence-corrected chi connectivity index (χ1v) is 14.7. The molecule has 39 heavy (non-hydrogen) atoms. The van der Waals surface area contributed by atoms with Gasteiger partial charge in [-0.3, -0.25) is 0 Å². The van der Waals surface area contributed by atoms with Gasteiger partial charge >= 0.3 is 0 Å². The Balaban J connectivity index is 1.86. The highest BCUT2D eigenvalue weighted by atomic mass is 15.3. The van der Waals surface area contributed by atoms with E-state index in [0.29, 0.717) is 0 Å². The van der Waals surface area contributed by atoms with E-state index in [1.54, 1.807) is 0 Å². The van der Waals surface area contributed by atoms with Gasteiger partial charge in [-0.05, 0) is 122 Å². The van der Waals surface area contributed by atoms with Crippen LogP contribution in [0.1, 0.15) is 54.2 Å². The van der Waals surface area contributed by atoms with Gasteiger partial charge in [-0.15, -0.1) is 0 Å². The quantitative estimate of drug-likeness (QED) is 0.150. The Labute approximate surface area is 235 Å². The van der Waals surface area contributed by atoms with Crippen molar-refractivity contribution in [2.75, 3.05) is 19.6 Å². The molecule has 0 bridgehead atoms. The maximum atomic E-state index is 2.50. The molecule has 0 N–H and O–H groups in total. The molecule has 0 aromatic heterocycles. The largest absolute Gasteiger partial charge is 0.321 e. The molecule has 5 aromatic carbocycles. The van der Waals surface area contributed by atoms with E-state index in [9.17, 15) is 0 Å². The summed E-state index contributed by atoms with van der Waals surface area (Å²) in [5, 5.41) is 5.35. The molecule has 0 fully saturated rings. The monoisotopic (exact) mass is 514 g/mol. The highest BCUT2D eigenvalue weighted by Crippen LogP contribution is 2.45. The minimum absolute atomic E-state index is 1.08. The average molecular weight is 515 g/mol. The van der Waals surface area contributed by atoms with E-state index >= 15 is 0 Å². The molecule has 0 aliphatic heterocycles. The third kappa shape index (κ3) is 4.90. The van der Waals surface area contributed by atoms with Crippen LogP contribution in [0, 0.1) is 34.6 Å². The number of nitrogens with zero attached hydrogens (tertiary/aromatic N) is 1. The first-order valence-electron chi connectivity index (χ1n) is 14.7. The van der Waals surface area contributed by atoms with E-state index in [0.717, 1.165) is 30.7 Å². The zero-order valence-corrected chi connectivity index (χ0v) is 25.2. The van der Waals surface area contributed by atoms with E-state index in [2.05, 4.69) is 128 Å². The Hall–Kier alpha value is -3.42. The van der Waals surface area contributed by atoms with E-state index in [1.165, 1.54) is 77.2 Å². The van der Waals surface area contributed by atoms with Gasteiger partial charge in [-0.25, -0.2) is 0 Å². The van der Waals surface area contributed by atoms with Crippen LogP contribution in [0.25, 0.3) is 43.8 Å². The summed E-state index contributed by atoms with van der Waals surface area (Å²) in [6.07, 6.45) is 0. The smallest absolute Gasteiger partial charge is 0.105 e. The fourth-order valence-corrected chi connectivity index (χ4v) is 6.34. The summed E-state index contributed by atoms with van der Waals surface area (Å²) < 4.78 is 1.12. The molecule has 1 heteroatoms. The predicted molar refractivity (Wildman–Crippen MR) is 172 cm³/mol. The predicted octanol–water partition coefficient (Wildman–Crippen LogP) is 10.2. The second kappa shape index (κ2) is 10.6. The first-order chi connectivity index (χ1) is 18.7. The van der Waals surface area contributed by atoms with Crippen LogP contribution in [0.3, 0.4) is 0 Å². The molecule has 5 rings (SSSR count). The number of hydrogen-bond acceptors (Lipinski definition) is 0. The summed E-state index contributed by atoms with van der Waals surface area (Å²) >= 11 is 0. The molecule has 0 amide bonds. The zero-order valence-electron chi connectivity index (χ0n) is 25.2. The van der Waals surface area contributed by atoms with Gasteiger partial charge in [0.15, 0.2) is 0 Å². The van der Waals surface area contributed by atoms with Gasteiger partial charge in [0.05, 0.1) is 19.6 Å². The molecule has 200 valence electrons. The van der Waals surface area contributed by atoms with Gasteiger partial charge in [-0.2, -0.15) is 0 Å². The van der Waals surface area contributed by atoms with Crippen molar-refractivity contribution in [3.05, 3.63) is 106 Å². The summed E-state index contributed by atoms with van der Waals surface area (Å²) in [5.41, 5.74) is 13.5. The summed E-state index contributed by atoms with van der Waals surface area (Å²) in [4.78, 5) is 0. The minimum atomic E-state index is 1.08. The summed E-state index contributed by atoms with van der Waals surface area (Å²) in [6.45, 7) is 22.7. The lowest BCUT2D eigenvalue weighted by molar-refractivity contribution is -0.936. The van der Waals surface area contributed by atoms with Gasteiger partial charge in [0, 0.05) is 5.56 Å². The van der Waals surface area contributed by atoms with Crippen molar-refractivity contribution in [1.82, 2.24) is 0 Å². The molecule has 0 saturated heterocycles. The van der Waals surface area contributed by atoms with Gasteiger partial charge in [0.1, 0.15) is 6.54 Å². The maximum Gasteiger partial charge on any atom is 0.105 e. The number of benzene rings is 5. The lowest BCUT2D eigenvalue weighted by atomic mass is 9.84. The summed E-state index contributed by atoms with van der Waals surface area (Å²) in [5.74, 6) is 0. The summed E-state index contributed by atoms with van der Waals surface area (Å²) in [7, 11) is 0. The number of fused-ring (bicyclic) bond motifs is 2. The van der Waals surface area contributed by atoms with Crippen LogP contribution < -0.4 is 0 Å². The Morgan fingerprint density at radius 2 is 0.949 bits per heavy atom. The standard InChI is InChI=1S/C38H44N/c1-9-39(10-2,11-3)24-32-23-31(17-15-28(32)7)38-34-19-13-25(4)20-35(34)37(30-16-14-27(6)29(8)22-30)33-18-12-26(5)21-36(33)38/h12-23H,9-11,24H2,1-8H3/q+1. The number of quaternary nitrogens is 1. The second-order valence-corrected chi connectivity index (χ2v) is 11.7. The van der Waals surface area contributed by atoms with E-state index in [4.69, 9.17) is 0 Å². The van der Waals surface area contributed by atoms with E-state index in [-0.39, 0.29) is 0 Å². The third-order valence-electron chi connectivity index (χ3n) is 9.38. The number of rotatable bonds is 7. The van der Waals surface area contributed by atoms with Crippen LogP contribution in [0.5, 0.6) is 0 Å². The Morgan fingerprint density at radius 3 is 1.44 bits per heavy atom. The highest BCUT2D eigenvalue weighted by Gasteiger charge is 2.23. The van der Waals surface area contributed by atoms with Gasteiger partial charge in [0.25, 0.3) is 0 Å². The molecule has 0 spiro atoms. The molecular weight excluding hydrogens is 470 g/mol. The molecule has 0 unspecified atom stereocenters. The van der Waals surface area contributed by atoms with Crippen molar-refractivity contribution in [2.24, 2.45) is 0 Å². The molecule has 0 heterocycles. The fraction of sp³-hybridized carbons (Fsp3) is 0.316. The fourth-order valence-electron chi connectivity index (χ4n) is 6.34. The van der Waals surface area contributed by atoms with Crippen LogP contribution in [0.2, 0.25) is 0 Å². The van der Waals surface area contributed by atoms with Gasteiger partial charge in [0.2, 0.25) is 0 Å². The Kier molecular flexibility index (Phi) is 7.40. The molecule has 0 atom stereocenters. The van der Waals surface area contributed by atoms with E-state index in [1.807, 2.05) is 0 Å². The van der Waals surface area contributed by atoms with Crippen molar-refractivity contribution >= 4 is 21.5 Å². The topological polar surface area (TPSA) is 0 Å². The van der Waals surface area contributed by atoms with E-state index < -0.39 is 0 Å². The average Bonchev–Trinajstić information content (AvgIpc) is 2.93. The summed E-state index contributed by atoms with van der Waals surface area (Å²) in [6, 6.07) is 28.2. The van der Waals surface area contributed by atoms with Crippen LogP contribution in [-0.2, 0) is 6.54 Å². The van der Waals surface area contributed by atoms with Crippen LogP contribution >= 0.6 is 0 Å². The maximum absolute atomic E-state index is 2.50. The molecule has 1 nitrogen and oxygen atoms in total. The van der Waals surface area contributed by atoms with Crippen LogP contribution in [-0.4, -0.2) is 24.1 Å². The molecule has 0 aliphatic rings. The lowest BCUT2D eigenvalue weighted by Crippen LogP contribution is -2.46. The third-order valence-corrected chi connectivity index (χ3v) is 9.38. The molecule has 0 aliphatic carbocycles. The normalized spacial score (nSPS) is 12.0. The van der Waals surface area contributed by atoms with Crippen molar-refractivity contribution in [3.8, 4) is 22.3 Å². The van der Waals surface area contributed by atoms with Crippen LogP contribution in [0.15, 0.2) is 72.8 Å². The second-order valence-electron chi connectivity index (χ2n) is 11.7. The molecule has 5 aromatic rings. The van der Waals surface area contributed by atoms with Gasteiger partial charge < -0.3 is 4.48 Å². The molecule has 0 saturated carbocycles. The van der Waals surface area contributed by atoms with Gasteiger partial charge in [-0.1, -0.05) is 77.9 Å².